The second-order valence-electron chi connectivity index (χ2n) is 8.17. The van der Waals surface area contributed by atoms with E-state index in [1.807, 2.05) is 18.2 Å². The average Bonchev–Trinajstić information content (AvgIpc) is 3.10. The summed E-state index contributed by atoms with van der Waals surface area (Å²) in [5.41, 5.74) is 4.20. The molecule has 6 heteroatoms. The molecule has 0 radical (unpaired) electrons. The third kappa shape index (κ3) is 3.54. The van der Waals surface area contributed by atoms with Crippen LogP contribution < -0.4 is 0 Å². The molecule has 6 nitrogen and oxygen atoms in total. The number of aliphatic imine (C=N–C) groups is 1. The van der Waals surface area contributed by atoms with Gasteiger partial charge in [0.2, 0.25) is 5.72 Å². The highest BCUT2D eigenvalue weighted by Gasteiger charge is 2.59. The zero-order chi connectivity index (χ0) is 21.5. The summed E-state index contributed by atoms with van der Waals surface area (Å²) in [6.45, 7) is 5.47. The van der Waals surface area contributed by atoms with Crippen LogP contribution in [-0.4, -0.2) is 52.2 Å². The first kappa shape index (κ1) is 21.0. The molecule has 0 spiro atoms. The maximum Gasteiger partial charge on any atom is 0.228 e. The minimum absolute atomic E-state index is 0.377. The predicted octanol–water partition coefficient (Wildman–Crippen LogP) is 2.23. The molecule has 2 aliphatic rings. The lowest BCUT2D eigenvalue weighted by Gasteiger charge is -2.44. The summed E-state index contributed by atoms with van der Waals surface area (Å²) in [5, 5.41) is 30.6. The molecule has 2 aromatic carbocycles. The van der Waals surface area contributed by atoms with Gasteiger partial charge in [-0.2, -0.15) is 0 Å². The van der Waals surface area contributed by atoms with Gasteiger partial charge in [0.05, 0.1) is 6.61 Å². The van der Waals surface area contributed by atoms with E-state index in [2.05, 4.69) is 43.1 Å². The number of hydrogen-bond acceptors (Lipinski definition) is 6. The fraction of sp³-hybridized carbons (Fsp3) is 0.458. The molecule has 0 aromatic heterocycles. The van der Waals surface area contributed by atoms with Crippen LogP contribution in [0.1, 0.15) is 41.7 Å². The van der Waals surface area contributed by atoms with Gasteiger partial charge in [0.15, 0.2) is 12.0 Å². The molecule has 3 N–H and O–H groups in total. The van der Waals surface area contributed by atoms with Crippen molar-refractivity contribution in [3.05, 3.63) is 70.3 Å². The Bertz CT molecular complexity index is 941. The first-order valence-electron chi connectivity index (χ1n) is 10.4. The fourth-order valence-corrected chi connectivity index (χ4v) is 4.32. The van der Waals surface area contributed by atoms with Crippen molar-refractivity contribution in [2.45, 2.75) is 63.8 Å². The average molecular weight is 411 g/mol. The quantitative estimate of drug-likeness (QED) is 0.702. The van der Waals surface area contributed by atoms with Crippen LogP contribution in [-0.2, 0) is 28.0 Å². The zero-order valence-electron chi connectivity index (χ0n) is 17.6. The fourth-order valence-electron chi connectivity index (χ4n) is 4.32. The van der Waals surface area contributed by atoms with Gasteiger partial charge in [-0.15, -0.1) is 0 Å². The number of aliphatic hydroxyl groups excluding tert-OH is 3. The summed E-state index contributed by atoms with van der Waals surface area (Å²) in [6.07, 6.45) is -2.56. The summed E-state index contributed by atoms with van der Waals surface area (Å²) >= 11 is 0. The highest BCUT2D eigenvalue weighted by Crippen LogP contribution is 2.45. The molecule has 0 saturated carbocycles. The van der Waals surface area contributed by atoms with Gasteiger partial charge < -0.3 is 24.8 Å². The van der Waals surface area contributed by atoms with Crippen molar-refractivity contribution in [2.75, 3.05) is 6.61 Å². The Labute approximate surface area is 176 Å². The van der Waals surface area contributed by atoms with Gasteiger partial charge in [-0.3, -0.25) is 0 Å². The molecule has 1 saturated heterocycles. The Balaban J connectivity index is 1.72. The van der Waals surface area contributed by atoms with Gasteiger partial charge in [-0.25, -0.2) is 4.99 Å². The lowest BCUT2D eigenvalue weighted by Crippen LogP contribution is -2.61. The van der Waals surface area contributed by atoms with E-state index in [0.717, 1.165) is 29.5 Å². The van der Waals surface area contributed by atoms with E-state index in [0.29, 0.717) is 5.90 Å². The molecule has 2 aliphatic heterocycles. The molecule has 2 unspecified atom stereocenters. The van der Waals surface area contributed by atoms with E-state index in [1.165, 1.54) is 11.1 Å². The van der Waals surface area contributed by atoms with E-state index in [9.17, 15) is 15.3 Å². The van der Waals surface area contributed by atoms with Crippen molar-refractivity contribution >= 4 is 5.90 Å². The van der Waals surface area contributed by atoms with Gasteiger partial charge >= 0.3 is 0 Å². The Morgan fingerprint density at radius 3 is 2.37 bits per heavy atom. The SMILES string of the molecule is CCc1ccc(Cc2cc(C34N=C(C)OC3[C@@H](O)[C@H](O)[C@@H](CO)O4)ccc2C)cc1. The van der Waals surface area contributed by atoms with Crippen molar-refractivity contribution < 1.29 is 24.8 Å². The lowest BCUT2D eigenvalue weighted by atomic mass is 9.85. The monoisotopic (exact) mass is 411 g/mol. The molecule has 0 amide bonds. The molecule has 1 fully saturated rings. The molecule has 2 aromatic rings. The first-order chi connectivity index (χ1) is 14.4. The standard InChI is InChI=1S/C24H29NO5/c1-4-16-6-8-17(9-7-16)11-18-12-19(10-5-14(18)2)24-23(29-15(3)25-24)22(28)21(27)20(13-26)30-24/h5-10,12,20-23,26-28H,4,11,13H2,1-3H3/t20-,21-,22+,23?,24?/m1/s1. The Morgan fingerprint density at radius 2 is 1.70 bits per heavy atom. The molecule has 30 heavy (non-hydrogen) atoms. The van der Waals surface area contributed by atoms with Crippen LogP contribution in [0.4, 0.5) is 0 Å². The number of nitrogens with zero attached hydrogens (tertiary/aromatic N) is 1. The van der Waals surface area contributed by atoms with Crippen molar-refractivity contribution in [1.82, 2.24) is 0 Å². The number of rotatable bonds is 5. The van der Waals surface area contributed by atoms with E-state index in [-0.39, 0.29) is 0 Å². The number of ether oxygens (including phenoxy) is 2. The lowest BCUT2D eigenvalue weighted by molar-refractivity contribution is -0.262. The Morgan fingerprint density at radius 1 is 1.00 bits per heavy atom. The van der Waals surface area contributed by atoms with Crippen molar-refractivity contribution in [3.8, 4) is 0 Å². The van der Waals surface area contributed by atoms with E-state index >= 15 is 0 Å². The summed E-state index contributed by atoms with van der Waals surface area (Å²) in [7, 11) is 0. The van der Waals surface area contributed by atoms with E-state index in [4.69, 9.17) is 9.47 Å². The second-order valence-corrected chi connectivity index (χ2v) is 8.17. The summed E-state index contributed by atoms with van der Waals surface area (Å²) < 4.78 is 11.8. The maximum atomic E-state index is 10.7. The Hall–Kier alpha value is -2.25. The van der Waals surface area contributed by atoms with Crippen LogP contribution in [0.15, 0.2) is 47.5 Å². The van der Waals surface area contributed by atoms with Crippen LogP contribution in [0, 0.1) is 6.92 Å². The number of fused-ring (bicyclic) bond motifs is 1. The largest absolute Gasteiger partial charge is 0.469 e. The van der Waals surface area contributed by atoms with Gasteiger partial charge in [0.1, 0.15) is 18.3 Å². The summed E-state index contributed by atoms with van der Waals surface area (Å²) in [4.78, 5) is 4.59. The number of aryl methyl sites for hydroxylation is 2. The molecule has 0 bridgehead atoms. The second kappa shape index (κ2) is 8.12. The number of aliphatic hydroxyl groups is 3. The van der Waals surface area contributed by atoms with E-state index < -0.39 is 36.7 Å². The van der Waals surface area contributed by atoms with Crippen molar-refractivity contribution in [1.29, 1.82) is 0 Å². The van der Waals surface area contributed by atoms with Crippen molar-refractivity contribution in [2.24, 2.45) is 4.99 Å². The first-order valence-corrected chi connectivity index (χ1v) is 10.4. The molecular weight excluding hydrogens is 382 g/mol. The highest BCUT2D eigenvalue weighted by molar-refractivity contribution is 5.76. The third-order valence-corrected chi connectivity index (χ3v) is 6.15. The van der Waals surface area contributed by atoms with Gasteiger partial charge in [-0.05, 0) is 42.0 Å². The van der Waals surface area contributed by atoms with Gasteiger partial charge in [0.25, 0.3) is 0 Å². The van der Waals surface area contributed by atoms with Crippen LogP contribution in [0.2, 0.25) is 0 Å². The number of hydrogen-bond donors (Lipinski definition) is 3. The minimum atomic E-state index is -1.30. The van der Waals surface area contributed by atoms with Crippen molar-refractivity contribution in [3.63, 3.8) is 0 Å². The molecule has 4 rings (SSSR count). The van der Waals surface area contributed by atoms with Gasteiger partial charge in [-0.1, -0.05) is 49.4 Å². The third-order valence-electron chi connectivity index (χ3n) is 6.15. The number of benzene rings is 2. The zero-order valence-corrected chi connectivity index (χ0v) is 17.6. The van der Waals surface area contributed by atoms with E-state index in [1.54, 1.807) is 6.92 Å². The molecule has 5 atom stereocenters. The Kier molecular flexibility index (Phi) is 5.68. The van der Waals surface area contributed by atoms with Crippen LogP contribution in [0.25, 0.3) is 0 Å². The highest BCUT2D eigenvalue weighted by atomic mass is 16.6. The normalized spacial score (nSPS) is 30.5. The molecule has 0 aliphatic carbocycles. The summed E-state index contributed by atoms with van der Waals surface area (Å²) in [6, 6.07) is 14.5. The maximum absolute atomic E-state index is 10.7. The molecule has 160 valence electrons. The minimum Gasteiger partial charge on any atom is -0.469 e. The predicted molar refractivity (Wildman–Crippen MR) is 113 cm³/mol. The van der Waals surface area contributed by atoms with Crippen LogP contribution in [0.5, 0.6) is 0 Å². The summed E-state index contributed by atoms with van der Waals surface area (Å²) in [5.74, 6) is 0.377. The smallest absolute Gasteiger partial charge is 0.228 e. The van der Waals surface area contributed by atoms with Gasteiger partial charge in [0, 0.05) is 12.5 Å². The molecular formula is C24H29NO5. The topological polar surface area (TPSA) is 91.5 Å². The van der Waals surface area contributed by atoms with Crippen LogP contribution in [0.3, 0.4) is 0 Å². The molecule has 2 heterocycles. The van der Waals surface area contributed by atoms with Crippen LogP contribution >= 0.6 is 0 Å².